The zero-order chi connectivity index (χ0) is 18.9. The van der Waals surface area contributed by atoms with Gasteiger partial charge in [-0.2, -0.15) is 0 Å². The van der Waals surface area contributed by atoms with Crippen LogP contribution < -0.4 is 4.90 Å². The zero-order valence-electron chi connectivity index (χ0n) is 15.0. The quantitative estimate of drug-likeness (QED) is 0.532. The van der Waals surface area contributed by atoms with Gasteiger partial charge in [0.2, 0.25) is 5.95 Å². The van der Waals surface area contributed by atoms with Crippen LogP contribution in [0.1, 0.15) is 0 Å². The third-order valence-electron chi connectivity index (χ3n) is 4.73. The van der Waals surface area contributed by atoms with E-state index in [9.17, 15) is 0 Å². The molecule has 28 heavy (non-hydrogen) atoms. The Labute approximate surface area is 166 Å². The van der Waals surface area contributed by atoms with E-state index in [0.29, 0.717) is 24.2 Å². The van der Waals surface area contributed by atoms with E-state index in [-0.39, 0.29) is 0 Å². The summed E-state index contributed by atoms with van der Waals surface area (Å²) in [7, 11) is 0. The fraction of sp³-hybridized carbons (Fsp3) is 0.200. The number of rotatable bonds is 3. The molecule has 1 saturated heterocycles. The number of aromatic nitrogens is 5. The molecule has 140 valence electrons. The van der Waals surface area contributed by atoms with Gasteiger partial charge < -0.3 is 9.64 Å². The molecule has 0 amide bonds. The molecule has 1 aliphatic heterocycles. The SMILES string of the molecule is Clc1ccc(-n2c(-c3cnc(N4CCOCC4)nc3)nc3ccncc32)cc1. The summed E-state index contributed by atoms with van der Waals surface area (Å²) in [6.45, 7) is 3.00. The topological polar surface area (TPSA) is 69.0 Å². The van der Waals surface area contributed by atoms with Gasteiger partial charge in [0.25, 0.3) is 0 Å². The molecule has 1 aliphatic rings. The van der Waals surface area contributed by atoms with Crippen LogP contribution in [0.2, 0.25) is 5.02 Å². The minimum absolute atomic E-state index is 0.686. The Balaban J connectivity index is 1.60. The van der Waals surface area contributed by atoms with Gasteiger partial charge in [-0.25, -0.2) is 15.0 Å². The van der Waals surface area contributed by atoms with E-state index in [0.717, 1.165) is 41.2 Å². The number of morpholine rings is 1. The highest BCUT2D eigenvalue weighted by Gasteiger charge is 2.17. The smallest absolute Gasteiger partial charge is 0.225 e. The first-order valence-corrected chi connectivity index (χ1v) is 9.41. The van der Waals surface area contributed by atoms with E-state index in [4.69, 9.17) is 21.3 Å². The predicted octanol–water partition coefficient (Wildman–Crippen LogP) is 3.37. The molecule has 5 rings (SSSR count). The maximum Gasteiger partial charge on any atom is 0.225 e. The number of halogens is 1. The number of hydrogen-bond donors (Lipinski definition) is 0. The third kappa shape index (κ3) is 3.08. The number of nitrogens with zero attached hydrogens (tertiary/aromatic N) is 6. The molecule has 0 N–H and O–H groups in total. The Morgan fingerprint density at radius 1 is 0.929 bits per heavy atom. The lowest BCUT2D eigenvalue weighted by atomic mass is 10.2. The summed E-state index contributed by atoms with van der Waals surface area (Å²) in [4.78, 5) is 20.3. The average molecular weight is 393 g/mol. The predicted molar refractivity (Wildman–Crippen MR) is 108 cm³/mol. The van der Waals surface area contributed by atoms with Crippen LogP contribution in [0.15, 0.2) is 55.1 Å². The summed E-state index contributed by atoms with van der Waals surface area (Å²) < 4.78 is 7.44. The number of anilines is 1. The number of fused-ring (bicyclic) bond motifs is 1. The maximum atomic E-state index is 6.07. The van der Waals surface area contributed by atoms with Gasteiger partial charge in [0, 0.05) is 42.4 Å². The van der Waals surface area contributed by atoms with Gasteiger partial charge in [-0.3, -0.25) is 9.55 Å². The first-order chi connectivity index (χ1) is 13.8. The van der Waals surface area contributed by atoms with Crippen molar-refractivity contribution >= 4 is 28.6 Å². The fourth-order valence-electron chi connectivity index (χ4n) is 3.33. The lowest BCUT2D eigenvalue weighted by Gasteiger charge is -2.26. The van der Waals surface area contributed by atoms with Gasteiger partial charge in [-0.15, -0.1) is 0 Å². The molecular formula is C20H17ClN6O. The summed E-state index contributed by atoms with van der Waals surface area (Å²) in [5, 5.41) is 0.686. The van der Waals surface area contributed by atoms with E-state index in [1.165, 1.54) is 0 Å². The monoisotopic (exact) mass is 392 g/mol. The molecule has 0 radical (unpaired) electrons. The second-order valence-corrected chi connectivity index (χ2v) is 6.92. The fourth-order valence-corrected chi connectivity index (χ4v) is 3.46. The van der Waals surface area contributed by atoms with Crippen molar-refractivity contribution in [2.45, 2.75) is 0 Å². The van der Waals surface area contributed by atoms with Crippen molar-refractivity contribution in [1.29, 1.82) is 0 Å². The minimum atomic E-state index is 0.686. The van der Waals surface area contributed by atoms with Crippen LogP contribution in [-0.4, -0.2) is 50.8 Å². The third-order valence-corrected chi connectivity index (χ3v) is 4.98. The van der Waals surface area contributed by atoms with E-state index in [1.54, 1.807) is 6.20 Å². The number of hydrogen-bond acceptors (Lipinski definition) is 6. The molecule has 3 aromatic heterocycles. The molecule has 8 heteroatoms. The highest BCUT2D eigenvalue weighted by molar-refractivity contribution is 6.30. The van der Waals surface area contributed by atoms with Crippen LogP contribution in [-0.2, 0) is 4.74 Å². The van der Waals surface area contributed by atoms with Crippen LogP contribution in [0.4, 0.5) is 5.95 Å². The number of pyridine rings is 1. The first-order valence-electron chi connectivity index (χ1n) is 9.03. The number of benzene rings is 1. The Morgan fingerprint density at radius 3 is 2.43 bits per heavy atom. The van der Waals surface area contributed by atoms with Crippen LogP contribution in [0.3, 0.4) is 0 Å². The molecule has 4 heterocycles. The minimum Gasteiger partial charge on any atom is -0.378 e. The van der Waals surface area contributed by atoms with Crippen molar-refractivity contribution in [1.82, 2.24) is 24.5 Å². The standard InChI is InChI=1S/C20H17ClN6O/c21-15-1-3-16(4-2-15)27-18-13-22-6-5-17(18)25-19(27)14-11-23-20(24-12-14)26-7-9-28-10-8-26/h1-6,11-13H,7-10H2. The summed E-state index contributed by atoms with van der Waals surface area (Å²) in [5.74, 6) is 1.47. The molecule has 0 spiro atoms. The normalized spacial score (nSPS) is 14.5. The summed E-state index contributed by atoms with van der Waals surface area (Å²) >= 11 is 6.07. The Kier molecular flexibility index (Phi) is 4.38. The second kappa shape index (κ2) is 7.18. The van der Waals surface area contributed by atoms with Gasteiger partial charge in [0.15, 0.2) is 0 Å². The summed E-state index contributed by atoms with van der Waals surface area (Å²) in [5.41, 5.74) is 3.56. The summed E-state index contributed by atoms with van der Waals surface area (Å²) in [6, 6.07) is 9.54. The van der Waals surface area contributed by atoms with Crippen molar-refractivity contribution in [2.75, 3.05) is 31.2 Å². The van der Waals surface area contributed by atoms with Crippen molar-refractivity contribution in [3.8, 4) is 17.1 Å². The van der Waals surface area contributed by atoms with E-state index >= 15 is 0 Å². The summed E-state index contributed by atoms with van der Waals surface area (Å²) in [6.07, 6.45) is 7.18. The molecule has 0 aliphatic carbocycles. The van der Waals surface area contributed by atoms with Crippen LogP contribution in [0.5, 0.6) is 0 Å². The van der Waals surface area contributed by atoms with E-state index in [2.05, 4.69) is 19.9 Å². The molecule has 1 fully saturated rings. The Morgan fingerprint density at radius 2 is 1.68 bits per heavy atom. The van der Waals surface area contributed by atoms with Gasteiger partial charge in [0.1, 0.15) is 5.82 Å². The van der Waals surface area contributed by atoms with E-state index < -0.39 is 0 Å². The lowest BCUT2D eigenvalue weighted by molar-refractivity contribution is 0.122. The molecule has 1 aromatic carbocycles. The van der Waals surface area contributed by atoms with Gasteiger partial charge in [0.05, 0.1) is 36.0 Å². The van der Waals surface area contributed by atoms with Crippen molar-refractivity contribution in [2.24, 2.45) is 0 Å². The number of imidazole rings is 1. The Hall–Kier alpha value is -3.03. The van der Waals surface area contributed by atoms with Crippen molar-refractivity contribution < 1.29 is 4.74 Å². The molecule has 0 saturated carbocycles. The van der Waals surface area contributed by atoms with Crippen molar-refractivity contribution in [3.63, 3.8) is 0 Å². The van der Waals surface area contributed by atoms with Crippen LogP contribution in [0.25, 0.3) is 28.1 Å². The largest absolute Gasteiger partial charge is 0.378 e. The lowest BCUT2D eigenvalue weighted by Crippen LogP contribution is -2.37. The van der Waals surface area contributed by atoms with Gasteiger partial charge in [-0.1, -0.05) is 11.6 Å². The average Bonchev–Trinajstić information content (AvgIpc) is 3.15. The molecular weight excluding hydrogens is 376 g/mol. The molecule has 0 unspecified atom stereocenters. The highest BCUT2D eigenvalue weighted by Crippen LogP contribution is 2.28. The molecule has 0 atom stereocenters. The Bertz CT molecular complexity index is 1100. The number of ether oxygens (including phenoxy) is 1. The van der Waals surface area contributed by atoms with Crippen LogP contribution in [0, 0.1) is 0 Å². The first kappa shape index (κ1) is 17.1. The van der Waals surface area contributed by atoms with Gasteiger partial charge >= 0.3 is 0 Å². The molecule has 0 bridgehead atoms. The molecule has 7 nitrogen and oxygen atoms in total. The highest BCUT2D eigenvalue weighted by atomic mass is 35.5. The molecule has 4 aromatic rings. The van der Waals surface area contributed by atoms with Gasteiger partial charge in [-0.05, 0) is 30.3 Å². The zero-order valence-corrected chi connectivity index (χ0v) is 15.8. The second-order valence-electron chi connectivity index (χ2n) is 6.48. The van der Waals surface area contributed by atoms with Crippen LogP contribution >= 0.6 is 11.6 Å². The maximum absolute atomic E-state index is 6.07. The van der Waals surface area contributed by atoms with E-state index in [1.807, 2.05) is 53.5 Å². The van der Waals surface area contributed by atoms with Crippen molar-refractivity contribution in [3.05, 3.63) is 60.1 Å².